The van der Waals surface area contributed by atoms with Crippen molar-refractivity contribution in [3.05, 3.63) is 11.6 Å². The van der Waals surface area contributed by atoms with Gasteiger partial charge in [0.05, 0.1) is 6.04 Å². The van der Waals surface area contributed by atoms with Crippen molar-refractivity contribution in [1.29, 1.82) is 0 Å². The van der Waals surface area contributed by atoms with Crippen molar-refractivity contribution >= 4 is 22.3 Å². The zero-order valence-electron chi connectivity index (χ0n) is 10.5. The number of rotatable bonds is 4. The smallest absolute Gasteiger partial charge is 0.185 e. The van der Waals surface area contributed by atoms with Gasteiger partial charge in [-0.2, -0.15) is 0 Å². The lowest BCUT2D eigenvalue weighted by Crippen LogP contribution is -2.54. The average Bonchev–Trinajstić information content (AvgIpc) is 2.94. The minimum atomic E-state index is 0.0356. The second-order valence-electron chi connectivity index (χ2n) is 4.29. The Kier molecular flexibility index (Phi) is 4.38. The lowest BCUT2D eigenvalue weighted by atomic mass is 10.1. The van der Waals surface area contributed by atoms with Crippen molar-refractivity contribution in [1.82, 2.24) is 9.88 Å². The topological polar surface area (TPSA) is 78.0 Å². The molecule has 1 saturated heterocycles. The van der Waals surface area contributed by atoms with Crippen molar-refractivity contribution in [2.75, 3.05) is 31.1 Å². The van der Waals surface area contributed by atoms with Crippen molar-refractivity contribution in [3.8, 4) is 0 Å². The third-order valence-electron chi connectivity index (χ3n) is 3.29. The Bertz CT molecular complexity index is 386. The fourth-order valence-corrected chi connectivity index (χ4v) is 3.01. The minimum absolute atomic E-state index is 0.0356. The van der Waals surface area contributed by atoms with Crippen LogP contribution in [-0.4, -0.2) is 53.1 Å². The number of nitrogens with zero attached hydrogens (tertiary/aromatic N) is 4. The summed E-state index contributed by atoms with van der Waals surface area (Å²) >= 11 is 1.66. The van der Waals surface area contributed by atoms with E-state index < -0.39 is 0 Å². The fourth-order valence-electron chi connectivity index (χ4n) is 2.32. The van der Waals surface area contributed by atoms with Crippen LogP contribution < -0.4 is 10.6 Å². The molecule has 7 heteroatoms. The number of aromatic nitrogens is 1. The SMILES string of the molecule is CCC(C(N)=NO)N1CCN(c2nccs2)CC1. The van der Waals surface area contributed by atoms with Gasteiger partial charge in [-0.05, 0) is 6.42 Å². The maximum Gasteiger partial charge on any atom is 0.185 e. The number of nitrogens with two attached hydrogens (primary N) is 1. The molecule has 1 aromatic heterocycles. The van der Waals surface area contributed by atoms with Crippen molar-refractivity contribution in [2.24, 2.45) is 10.9 Å². The first-order chi connectivity index (χ1) is 8.76. The molecule has 0 saturated carbocycles. The van der Waals surface area contributed by atoms with Crippen LogP contribution in [0, 0.1) is 0 Å². The van der Waals surface area contributed by atoms with Crippen molar-refractivity contribution in [2.45, 2.75) is 19.4 Å². The predicted molar refractivity (Wildman–Crippen MR) is 73.4 cm³/mol. The van der Waals surface area contributed by atoms with Crippen LogP contribution >= 0.6 is 11.3 Å². The van der Waals surface area contributed by atoms with E-state index in [1.54, 1.807) is 11.3 Å². The van der Waals surface area contributed by atoms with E-state index >= 15 is 0 Å². The molecule has 1 aliphatic rings. The van der Waals surface area contributed by atoms with Crippen molar-refractivity contribution < 1.29 is 5.21 Å². The molecule has 18 heavy (non-hydrogen) atoms. The largest absolute Gasteiger partial charge is 0.409 e. The van der Waals surface area contributed by atoms with Crippen LogP contribution in [0.1, 0.15) is 13.3 Å². The van der Waals surface area contributed by atoms with E-state index in [9.17, 15) is 0 Å². The third-order valence-corrected chi connectivity index (χ3v) is 4.12. The first-order valence-corrected chi connectivity index (χ1v) is 7.00. The maximum absolute atomic E-state index is 8.79. The fraction of sp³-hybridized carbons (Fsp3) is 0.636. The standard InChI is InChI=1S/C11H19N5OS/c1-2-9(10(12)14-17)15-4-6-16(7-5-15)11-13-3-8-18-11/h3,8-9,17H,2,4-7H2,1H3,(H2,12,14). The average molecular weight is 269 g/mol. The molecule has 1 unspecified atom stereocenters. The molecule has 0 bridgehead atoms. The van der Waals surface area contributed by atoms with Crippen LogP contribution in [0.2, 0.25) is 0 Å². The summed E-state index contributed by atoms with van der Waals surface area (Å²) in [5.74, 6) is 0.306. The van der Waals surface area contributed by atoms with E-state index in [1.165, 1.54) is 0 Å². The second-order valence-corrected chi connectivity index (χ2v) is 5.16. The van der Waals surface area contributed by atoms with Gasteiger partial charge in [0.25, 0.3) is 0 Å². The highest BCUT2D eigenvalue weighted by molar-refractivity contribution is 7.13. The van der Waals surface area contributed by atoms with E-state index in [1.807, 2.05) is 11.6 Å². The van der Waals surface area contributed by atoms with Gasteiger partial charge in [-0.25, -0.2) is 4.98 Å². The normalized spacial score (nSPS) is 20.1. The molecule has 0 spiro atoms. The Labute approximate surface area is 111 Å². The van der Waals surface area contributed by atoms with E-state index in [2.05, 4.69) is 26.9 Å². The third kappa shape index (κ3) is 2.73. The summed E-state index contributed by atoms with van der Waals surface area (Å²) in [7, 11) is 0. The monoisotopic (exact) mass is 269 g/mol. The molecular formula is C11H19N5OS. The Morgan fingerprint density at radius 3 is 2.78 bits per heavy atom. The lowest BCUT2D eigenvalue weighted by molar-refractivity contribution is 0.216. The lowest BCUT2D eigenvalue weighted by Gasteiger charge is -2.38. The Balaban J connectivity index is 1.93. The highest BCUT2D eigenvalue weighted by Crippen LogP contribution is 2.20. The molecule has 1 fully saturated rings. The molecule has 1 aliphatic heterocycles. The number of hydrogen-bond donors (Lipinski definition) is 2. The van der Waals surface area contributed by atoms with Crippen LogP contribution in [0.4, 0.5) is 5.13 Å². The molecule has 1 aromatic rings. The van der Waals surface area contributed by atoms with Crippen LogP contribution in [0.3, 0.4) is 0 Å². The summed E-state index contributed by atoms with van der Waals surface area (Å²) in [6.07, 6.45) is 2.69. The molecule has 6 nitrogen and oxygen atoms in total. The molecule has 2 heterocycles. The first-order valence-electron chi connectivity index (χ1n) is 6.12. The van der Waals surface area contributed by atoms with Gasteiger partial charge in [0.2, 0.25) is 0 Å². The van der Waals surface area contributed by atoms with Crippen LogP contribution in [0.5, 0.6) is 0 Å². The van der Waals surface area contributed by atoms with E-state index in [0.717, 1.165) is 37.7 Å². The van der Waals surface area contributed by atoms with Gasteiger partial charge in [0.1, 0.15) is 0 Å². The van der Waals surface area contributed by atoms with Gasteiger partial charge in [-0.15, -0.1) is 11.3 Å². The maximum atomic E-state index is 8.79. The molecule has 2 rings (SSSR count). The summed E-state index contributed by atoms with van der Waals surface area (Å²) in [5, 5.41) is 15.0. The van der Waals surface area contributed by atoms with Gasteiger partial charge in [0, 0.05) is 37.8 Å². The van der Waals surface area contributed by atoms with E-state index in [-0.39, 0.29) is 6.04 Å². The zero-order valence-corrected chi connectivity index (χ0v) is 11.3. The number of hydrogen-bond acceptors (Lipinski definition) is 6. The van der Waals surface area contributed by atoms with Crippen LogP contribution in [-0.2, 0) is 0 Å². The highest BCUT2D eigenvalue weighted by Gasteiger charge is 2.26. The predicted octanol–water partition coefficient (Wildman–Crippen LogP) is 0.790. The summed E-state index contributed by atoms with van der Waals surface area (Å²) in [4.78, 5) is 8.86. The van der Waals surface area contributed by atoms with Crippen LogP contribution in [0.25, 0.3) is 0 Å². The van der Waals surface area contributed by atoms with Crippen molar-refractivity contribution in [3.63, 3.8) is 0 Å². The van der Waals surface area contributed by atoms with Gasteiger partial charge in [0.15, 0.2) is 11.0 Å². The summed E-state index contributed by atoms with van der Waals surface area (Å²) < 4.78 is 0. The van der Waals surface area contributed by atoms with Crippen LogP contribution in [0.15, 0.2) is 16.7 Å². The number of oxime groups is 1. The Morgan fingerprint density at radius 2 is 2.28 bits per heavy atom. The highest BCUT2D eigenvalue weighted by atomic mass is 32.1. The molecule has 0 radical (unpaired) electrons. The summed E-state index contributed by atoms with van der Waals surface area (Å²) in [6.45, 7) is 5.74. The minimum Gasteiger partial charge on any atom is -0.409 e. The number of piperazine rings is 1. The first kappa shape index (κ1) is 13.1. The van der Waals surface area contributed by atoms with Gasteiger partial charge in [-0.1, -0.05) is 12.1 Å². The molecule has 0 aliphatic carbocycles. The van der Waals surface area contributed by atoms with Gasteiger partial charge >= 0.3 is 0 Å². The quantitative estimate of drug-likeness (QED) is 0.366. The van der Waals surface area contributed by atoms with E-state index in [0.29, 0.717) is 5.84 Å². The number of amidine groups is 1. The summed E-state index contributed by atoms with van der Waals surface area (Å²) in [5.41, 5.74) is 5.72. The second kappa shape index (κ2) is 6.01. The molecular weight excluding hydrogens is 250 g/mol. The zero-order chi connectivity index (χ0) is 13.0. The Morgan fingerprint density at radius 1 is 1.56 bits per heavy atom. The van der Waals surface area contributed by atoms with Gasteiger partial charge < -0.3 is 15.8 Å². The van der Waals surface area contributed by atoms with Gasteiger partial charge in [-0.3, -0.25) is 4.90 Å². The molecule has 0 amide bonds. The number of thiazole rings is 1. The summed E-state index contributed by atoms with van der Waals surface area (Å²) in [6, 6.07) is 0.0356. The Hall–Kier alpha value is -1.34. The number of anilines is 1. The molecule has 3 N–H and O–H groups in total. The molecule has 1 atom stereocenters. The van der Waals surface area contributed by atoms with E-state index in [4.69, 9.17) is 10.9 Å². The molecule has 0 aromatic carbocycles. The molecule has 100 valence electrons.